The Bertz CT molecular complexity index is 665. The molecule has 2 rings (SSSR count). The zero-order valence-corrected chi connectivity index (χ0v) is 11.4. The van der Waals surface area contributed by atoms with Crippen molar-refractivity contribution in [2.24, 2.45) is 0 Å². The predicted molar refractivity (Wildman–Crippen MR) is 70.1 cm³/mol. The number of ether oxygens (including phenoxy) is 2. The zero-order chi connectivity index (χ0) is 15.6. The van der Waals surface area contributed by atoms with Gasteiger partial charge in [-0.3, -0.25) is 0 Å². The number of nitrogens with two attached hydrogens (primary N) is 1. The normalized spacial score (nSPS) is 11.3. The molecule has 0 bridgehead atoms. The number of nitrogen functional groups attached to an aromatic ring is 1. The van der Waals surface area contributed by atoms with E-state index < -0.39 is 12.1 Å². The van der Waals surface area contributed by atoms with Crippen molar-refractivity contribution in [2.45, 2.75) is 6.36 Å². The molecule has 5 nitrogen and oxygen atoms in total. The molecule has 0 amide bonds. The van der Waals surface area contributed by atoms with Crippen molar-refractivity contribution in [3.63, 3.8) is 0 Å². The number of anilines is 1. The van der Waals surface area contributed by atoms with Crippen molar-refractivity contribution in [2.75, 3.05) is 12.8 Å². The monoisotopic (exact) mass is 319 g/mol. The molecule has 0 radical (unpaired) electrons. The molecule has 2 aromatic rings. The minimum absolute atomic E-state index is 0.0118. The zero-order valence-electron chi connectivity index (χ0n) is 10.6. The number of hydrogen-bond donors (Lipinski definition) is 1. The summed E-state index contributed by atoms with van der Waals surface area (Å²) in [4.78, 5) is 7.82. The van der Waals surface area contributed by atoms with Crippen LogP contribution in [0.1, 0.15) is 0 Å². The minimum Gasteiger partial charge on any atom is -0.496 e. The second-order valence-corrected chi connectivity index (χ2v) is 4.20. The van der Waals surface area contributed by atoms with Gasteiger partial charge < -0.3 is 15.2 Å². The van der Waals surface area contributed by atoms with Crippen molar-refractivity contribution in [1.29, 1.82) is 0 Å². The molecule has 21 heavy (non-hydrogen) atoms. The first kappa shape index (κ1) is 15.2. The number of rotatable bonds is 3. The highest BCUT2D eigenvalue weighted by Crippen LogP contribution is 2.36. The van der Waals surface area contributed by atoms with E-state index in [4.69, 9.17) is 22.1 Å². The van der Waals surface area contributed by atoms with Crippen LogP contribution in [0.4, 0.5) is 19.0 Å². The lowest BCUT2D eigenvalue weighted by Crippen LogP contribution is -2.17. The van der Waals surface area contributed by atoms with Gasteiger partial charge >= 0.3 is 6.36 Å². The van der Waals surface area contributed by atoms with Crippen LogP contribution in [0.5, 0.6) is 11.5 Å². The fraction of sp³-hybridized carbons (Fsp3) is 0.167. The summed E-state index contributed by atoms with van der Waals surface area (Å²) in [6.07, 6.45) is -3.51. The van der Waals surface area contributed by atoms with Crippen LogP contribution in [-0.2, 0) is 0 Å². The third-order valence-corrected chi connectivity index (χ3v) is 2.67. The van der Waals surface area contributed by atoms with E-state index in [2.05, 4.69) is 14.7 Å². The summed E-state index contributed by atoms with van der Waals surface area (Å²) in [5.74, 6) is -0.180. The molecule has 0 spiro atoms. The predicted octanol–water partition coefficient (Wildman–Crippen LogP) is 3.29. The van der Waals surface area contributed by atoms with Gasteiger partial charge in [0.05, 0.1) is 13.3 Å². The van der Waals surface area contributed by atoms with Gasteiger partial charge in [-0.15, -0.1) is 13.2 Å². The van der Waals surface area contributed by atoms with Crippen LogP contribution in [-0.4, -0.2) is 23.4 Å². The maximum absolute atomic E-state index is 12.2. The van der Waals surface area contributed by atoms with Crippen LogP contribution in [0.15, 0.2) is 24.4 Å². The number of nitrogens with zero attached hydrogens (tertiary/aromatic N) is 2. The third-order valence-electron chi connectivity index (χ3n) is 2.41. The van der Waals surface area contributed by atoms with E-state index >= 15 is 0 Å². The molecule has 1 aromatic heterocycles. The van der Waals surface area contributed by atoms with Gasteiger partial charge in [-0.2, -0.15) is 0 Å². The summed E-state index contributed by atoms with van der Waals surface area (Å²) in [5, 5.41) is 0.0118. The summed E-state index contributed by atoms with van der Waals surface area (Å²) in [5.41, 5.74) is 6.04. The first-order chi connectivity index (χ1) is 9.80. The smallest absolute Gasteiger partial charge is 0.496 e. The van der Waals surface area contributed by atoms with Crippen molar-refractivity contribution in [3.8, 4) is 22.8 Å². The molecular weight excluding hydrogens is 311 g/mol. The lowest BCUT2D eigenvalue weighted by Gasteiger charge is -2.13. The van der Waals surface area contributed by atoms with Crippen LogP contribution in [0.25, 0.3) is 11.3 Å². The standard InChI is InChI=1S/C12H9ClF3N3O2/c1-20-8-4-6(21-12(14,15)16)2-3-7(8)10-11(13)19-9(17)5-18-10/h2-5H,1H3,(H2,17,19). The Morgan fingerprint density at radius 3 is 2.57 bits per heavy atom. The van der Waals surface area contributed by atoms with Gasteiger partial charge in [-0.25, -0.2) is 9.97 Å². The Morgan fingerprint density at radius 2 is 2.00 bits per heavy atom. The summed E-state index contributed by atoms with van der Waals surface area (Å²) >= 11 is 5.92. The van der Waals surface area contributed by atoms with Crippen molar-refractivity contribution in [1.82, 2.24) is 9.97 Å². The van der Waals surface area contributed by atoms with Gasteiger partial charge in [0.2, 0.25) is 0 Å². The second kappa shape index (κ2) is 5.65. The molecular formula is C12H9ClF3N3O2. The van der Waals surface area contributed by atoms with Crippen molar-refractivity contribution >= 4 is 17.4 Å². The number of hydrogen-bond acceptors (Lipinski definition) is 5. The molecule has 2 N–H and O–H groups in total. The maximum Gasteiger partial charge on any atom is 0.573 e. The van der Waals surface area contributed by atoms with Gasteiger partial charge in [-0.1, -0.05) is 11.6 Å². The Hall–Kier alpha value is -2.22. The molecule has 0 unspecified atom stereocenters. The first-order valence-electron chi connectivity index (χ1n) is 5.52. The van der Waals surface area contributed by atoms with E-state index in [1.54, 1.807) is 0 Å². The summed E-state index contributed by atoms with van der Waals surface area (Å²) in [6.45, 7) is 0. The summed E-state index contributed by atoms with van der Waals surface area (Å²) in [6, 6.07) is 3.54. The Kier molecular flexibility index (Phi) is 4.08. The molecule has 0 saturated carbocycles. The molecule has 0 aliphatic carbocycles. The Morgan fingerprint density at radius 1 is 1.29 bits per heavy atom. The molecule has 0 aliphatic heterocycles. The molecule has 0 fully saturated rings. The van der Waals surface area contributed by atoms with Crippen LogP contribution >= 0.6 is 11.6 Å². The molecule has 1 aromatic carbocycles. The van der Waals surface area contributed by atoms with Gasteiger partial charge in [0.1, 0.15) is 23.0 Å². The number of benzene rings is 1. The maximum atomic E-state index is 12.2. The van der Waals surface area contributed by atoms with Crippen molar-refractivity contribution in [3.05, 3.63) is 29.5 Å². The SMILES string of the molecule is COc1cc(OC(F)(F)F)ccc1-c1ncc(N)nc1Cl. The molecule has 0 atom stereocenters. The van der Waals surface area contributed by atoms with Crippen LogP contribution in [0.3, 0.4) is 0 Å². The van der Waals surface area contributed by atoms with Crippen molar-refractivity contribution < 1.29 is 22.6 Å². The topological polar surface area (TPSA) is 70.3 Å². The highest BCUT2D eigenvalue weighted by Gasteiger charge is 2.31. The largest absolute Gasteiger partial charge is 0.573 e. The Balaban J connectivity index is 2.45. The fourth-order valence-electron chi connectivity index (χ4n) is 1.62. The number of aromatic nitrogens is 2. The molecule has 0 aliphatic rings. The second-order valence-electron chi connectivity index (χ2n) is 3.84. The van der Waals surface area contributed by atoms with E-state index in [1.807, 2.05) is 0 Å². The molecule has 9 heteroatoms. The van der Waals surface area contributed by atoms with E-state index in [0.29, 0.717) is 5.56 Å². The van der Waals surface area contributed by atoms with Gasteiger partial charge in [0, 0.05) is 11.6 Å². The lowest BCUT2D eigenvalue weighted by atomic mass is 10.1. The molecule has 112 valence electrons. The number of alkyl halides is 3. The lowest BCUT2D eigenvalue weighted by molar-refractivity contribution is -0.274. The molecule has 0 saturated heterocycles. The number of halogens is 4. The number of methoxy groups -OCH3 is 1. The average molecular weight is 320 g/mol. The van der Waals surface area contributed by atoms with E-state index in [9.17, 15) is 13.2 Å². The molecule has 1 heterocycles. The van der Waals surface area contributed by atoms with E-state index in [0.717, 1.165) is 12.1 Å². The highest BCUT2D eigenvalue weighted by atomic mass is 35.5. The third kappa shape index (κ3) is 3.66. The van der Waals surface area contributed by atoms with Crippen LogP contribution in [0.2, 0.25) is 5.15 Å². The Labute approximate surface area is 122 Å². The van der Waals surface area contributed by atoms with Gasteiger partial charge in [-0.05, 0) is 12.1 Å². The highest BCUT2D eigenvalue weighted by molar-refractivity contribution is 6.32. The quantitative estimate of drug-likeness (QED) is 0.940. The van der Waals surface area contributed by atoms with E-state index in [1.165, 1.54) is 19.4 Å². The first-order valence-corrected chi connectivity index (χ1v) is 5.90. The van der Waals surface area contributed by atoms with E-state index in [-0.39, 0.29) is 22.4 Å². The van der Waals surface area contributed by atoms with Crippen LogP contribution in [0, 0.1) is 0 Å². The summed E-state index contributed by atoms with van der Waals surface area (Å²) in [7, 11) is 1.30. The minimum atomic E-state index is -4.79. The average Bonchev–Trinajstić information content (AvgIpc) is 2.37. The fourth-order valence-corrected chi connectivity index (χ4v) is 1.87. The van der Waals surface area contributed by atoms with Crippen LogP contribution < -0.4 is 15.2 Å². The van der Waals surface area contributed by atoms with Gasteiger partial charge in [0.25, 0.3) is 0 Å². The van der Waals surface area contributed by atoms with Gasteiger partial charge in [0.15, 0.2) is 5.15 Å². The summed E-state index contributed by atoms with van der Waals surface area (Å²) < 4.78 is 45.4.